The van der Waals surface area contributed by atoms with Gasteiger partial charge in [0.1, 0.15) is 0 Å². The Morgan fingerprint density at radius 2 is 0.833 bits per heavy atom. The van der Waals surface area contributed by atoms with Crippen LogP contribution in [0.4, 0.5) is 0 Å². The molecule has 13 rings (SSSR count). The summed E-state index contributed by atoms with van der Waals surface area (Å²) in [5.41, 5.74) is 13.1. The van der Waals surface area contributed by atoms with E-state index in [1.54, 1.807) is 0 Å². The van der Waals surface area contributed by atoms with E-state index in [0.29, 0.717) is 0 Å². The van der Waals surface area contributed by atoms with Gasteiger partial charge in [-0.05, 0) is 122 Å². The maximum Gasteiger partial charge on any atom is 0.0408 e. The minimum absolute atomic E-state index is 0.140. The first-order valence-electron chi connectivity index (χ1n) is 21.0. The molecule has 1 aliphatic rings. The molecular formula is C59H38S. The van der Waals surface area contributed by atoms with Crippen molar-refractivity contribution < 1.29 is 0 Å². The summed E-state index contributed by atoms with van der Waals surface area (Å²) >= 11 is 1.96. The highest BCUT2D eigenvalue weighted by Crippen LogP contribution is 2.58. The number of hydrogen-bond acceptors (Lipinski definition) is 1. The van der Waals surface area contributed by atoms with Gasteiger partial charge < -0.3 is 0 Å². The lowest BCUT2D eigenvalue weighted by atomic mass is 9.81. The van der Waals surface area contributed by atoms with Crippen LogP contribution in [0.2, 0.25) is 0 Å². The molecule has 0 saturated heterocycles. The largest absolute Gasteiger partial charge is 0.135 e. The summed E-state index contributed by atoms with van der Waals surface area (Å²) in [6, 6.07) is 72.8. The molecule has 0 saturated carbocycles. The van der Waals surface area contributed by atoms with E-state index in [0.717, 1.165) is 0 Å². The second kappa shape index (κ2) is 12.5. The highest BCUT2D eigenvalue weighted by molar-refractivity contribution is 7.26. The van der Waals surface area contributed by atoms with Crippen LogP contribution in [0.25, 0.3) is 119 Å². The molecule has 280 valence electrons. The molecule has 0 unspecified atom stereocenters. The van der Waals surface area contributed by atoms with Crippen molar-refractivity contribution in [3.8, 4) is 44.5 Å². The van der Waals surface area contributed by atoms with E-state index < -0.39 is 0 Å². The predicted octanol–water partition coefficient (Wildman–Crippen LogP) is 17.1. The maximum atomic E-state index is 2.50. The number of thiophene rings is 1. The topological polar surface area (TPSA) is 0 Å². The number of benzene rings is 11. The number of fused-ring (bicyclic) bond motifs is 14. The molecule has 11 aromatic carbocycles. The first kappa shape index (κ1) is 33.9. The van der Waals surface area contributed by atoms with Gasteiger partial charge >= 0.3 is 0 Å². The molecule has 0 radical (unpaired) electrons. The lowest BCUT2D eigenvalue weighted by Gasteiger charge is -2.23. The Morgan fingerprint density at radius 1 is 0.350 bits per heavy atom. The van der Waals surface area contributed by atoms with Gasteiger partial charge in [0.05, 0.1) is 0 Å². The van der Waals surface area contributed by atoms with E-state index in [4.69, 9.17) is 0 Å². The van der Waals surface area contributed by atoms with Crippen LogP contribution in [-0.4, -0.2) is 0 Å². The second-order valence-electron chi connectivity index (χ2n) is 17.1. The van der Waals surface area contributed by atoms with Gasteiger partial charge in [0, 0.05) is 25.6 Å². The Labute approximate surface area is 352 Å². The average molecular weight is 779 g/mol. The van der Waals surface area contributed by atoms with Crippen LogP contribution < -0.4 is 0 Å². The van der Waals surface area contributed by atoms with Crippen molar-refractivity contribution >= 4 is 85.4 Å². The fraction of sp³-hybridized carbons (Fsp3) is 0.0508. The van der Waals surface area contributed by atoms with E-state index in [2.05, 4.69) is 208 Å². The molecule has 1 heteroatoms. The summed E-state index contributed by atoms with van der Waals surface area (Å²) in [5, 5.41) is 15.6. The van der Waals surface area contributed by atoms with E-state index in [-0.39, 0.29) is 5.41 Å². The molecular weight excluding hydrogens is 741 g/mol. The van der Waals surface area contributed by atoms with E-state index in [1.165, 1.54) is 130 Å². The van der Waals surface area contributed by atoms with E-state index >= 15 is 0 Å². The van der Waals surface area contributed by atoms with Crippen LogP contribution >= 0.6 is 11.3 Å². The molecule has 0 aliphatic heterocycles. The van der Waals surface area contributed by atoms with Gasteiger partial charge in [-0.25, -0.2) is 0 Å². The van der Waals surface area contributed by atoms with Crippen molar-refractivity contribution in [3.63, 3.8) is 0 Å². The Hall–Kier alpha value is -7.06. The van der Waals surface area contributed by atoms with Crippen molar-refractivity contribution in [1.82, 2.24) is 0 Å². The standard InChI is InChI=1S/C59H38S/c1-59(2)51-33-30-36(34-50(51)55-46-25-11-12-26-47(46)56-49-27-13-14-29-52(49)60-58(56)57(55)59)38-31-32-48(40-20-6-5-19-39(38)40)54-44-23-9-7-21-42(44)53(43-22-8-10-24-45(43)54)41-28-15-17-35-16-3-4-18-37(35)41/h3-34H,1-2H3. The molecule has 0 spiro atoms. The minimum atomic E-state index is -0.140. The smallest absolute Gasteiger partial charge is 0.0408 e. The fourth-order valence-electron chi connectivity index (χ4n) is 11.1. The first-order valence-corrected chi connectivity index (χ1v) is 21.8. The van der Waals surface area contributed by atoms with Crippen molar-refractivity contribution in [1.29, 1.82) is 0 Å². The summed E-state index contributed by atoms with van der Waals surface area (Å²) < 4.78 is 2.78. The van der Waals surface area contributed by atoms with Gasteiger partial charge in [0.15, 0.2) is 0 Å². The molecule has 0 N–H and O–H groups in total. The third kappa shape index (κ3) is 4.56. The van der Waals surface area contributed by atoms with Gasteiger partial charge in [-0.3, -0.25) is 0 Å². The molecule has 60 heavy (non-hydrogen) atoms. The summed E-state index contributed by atoms with van der Waals surface area (Å²) in [5.74, 6) is 0. The molecule has 1 heterocycles. The zero-order valence-corrected chi connectivity index (χ0v) is 34.2. The van der Waals surface area contributed by atoms with Gasteiger partial charge in [0.2, 0.25) is 0 Å². The van der Waals surface area contributed by atoms with Gasteiger partial charge in [0.25, 0.3) is 0 Å². The summed E-state index contributed by atoms with van der Waals surface area (Å²) in [6.45, 7) is 4.86. The molecule has 0 fully saturated rings. The summed E-state index contributed by atoms with van der Waals surface area (Å²) in [6.07, 6.45) is 0. The summed E-state index contributed by atoms with van der Waals surface area (Å²) in [4.78, 5) is 0. The average Bonchev–Trinajstić information content (AvgIpc) is 3.80. The van der Waals surface area contributed by atoms with Crippen LogP contribution in [0.1, 0.15) is 25.0 Å². The zero-order valence-electron chi connectivity index (χ0n) is 33.4. The number of hydrogen-bond donors (Lipinski definition) is 0. The normalized spacial score (nSPS) is 13.3. The predicted molar refractivity (Wildman–Crippen MR) is 261 cm³/mol. The van der Waals surface area contributed by atoms with Gasteiger partial charge in [-0.2, -0.15) is 0 Å². The zero-order chi connectivity index (χ0) is 39.7. The summed E-state index contributed by atoms with van der Waals surface area (Å²) in [7, 11) is 0. The van der Waals surface area contributed by atoms with Crippen LogP contribution in [-0.2, 0) is 5.41 Å². The molecule has 0 amide bonds. The second-order valence-corrected chi connectivity index (χ2v) is 18.1. The first-order chi connectivity index (χ1) is 29.6. The van der Waals surface area contributed by atoms with Crippen molar-refractivity contribution in [2.45, 2.75) is 19.3 Å². The van der Waals surface area contributed by atoms with Gasteiger partial charge in [-0.15, -0.1) is 11.3 Å². The highest BCUT2D eigenvalue weighted by atomic mass is 32.1. The lowest BCUT2D eigenvalue weighted by molar-refractivity contribution is 0.667. The Balaban J connectivity index is 1.05. The molecule has 0 bridgehead atoms. The minimum Gasteiger partial charge on any atom is -0.135 e. The van der Waals surface area contributed by atoms with Crippen LogP contribution in [0.15, 0.2) is 194 Å². The Morgan fingerprint density at radius 3 is 1.50 bits per heavy atom. The molecule has 1 aliphatic carbocycles. The Kier molecular flexibility index (Phi) is 7.04. The van der Waals surface area contributed by atoms with Crippen LogP contribution in [0, 0.1) is 0 Å². The van der Waals surface area contributed by atoms with E-state index in [9.17, 15) is 0 Å². The van der Waals surface area contributed by atoms with Crippen LogP contribution in [0.5, 0.6) is 0 Å². The van der Waals surface area contributed by atoms with Crippen LogP contribution in [0.3, 0.4) is 0 Å². The highest BCUT2D eigenvalue weighted by Gasteiger charge is 2.39. The molecule has 0 nitrogen and oxygen atoms in total. The third-order valence-corrected chi connectivity index (χ3v) is 14.8. The number of rotatable bonds is 3. The monoisotopic (exact) mass is 778 g/mol. The van der Waals surface area contributed by atoms with Crippen molar-refractivity contribution in [3.05, 3.63) is 205 Å². The SMILES string of the molecule is CC1(C)c2ccc(-c3ccc(-c4c5ccccc5c(-c5cccc6ccccc56)c5ccccc45)c4ccccc34)cc2-c2c1c1sc3ccccc3c1c1ccccc21. The molecule has 0 atom stereocenters. The van der Waals surface area contributed by atoms with Crippen molar-refractivity contribution in [2.75, 3.05) is 0 Å². The molecule has 12 aromatic rings. The quantitative estimate of drug-likeness (QED) is 0.157. The fourth-order valence-corrected chi connectivity index (χ4v) is 12.5. The Bertz CT molecular complexity index is 3740. The lowest BCUT2D eigenvalue weighted by Crippen LogP contribution is -2.15. The molecule has 1 aromatic heterocycles. The third-order valence-electron chi connectivity index (χ3n) is 13.6. The maximum absolute atomic E-state index is 2.50. The van der Waals surface area contributed by atoms with E-state index in [1.807, 2.05) is 11.3 Å². The van der Waals surface area contributed by atoms with Crippen molar-refractivity contribution in [2.24, 2.45) is 0 Å². The van der Waals surface area contributed by atoms with Gasteiger partial charge in [-0.1, -0.05) is 196 Å².